The van der Waals surface area contributed by atoms with E-state index in [4.69, 9.17) is 0 Å². The number of benzene rings is 1. The normalized spacial score (nSPS) is 11.4. The van der Waals surface area contributed by atoms with E-state index in [1.165, 1.54) is 27.6 Å². The minimum atomic E-state index is 0.504. The summed E-state index contributed by atoms with van der Waals surface area (Å²) in [7, 11) is 2.08. The fourth-order valence-corrected chi connectivity index (χ4v) is 2.60. The number of aryl methyl sites for hydroxylation is 1. The SMILES string of the molecule is CC(C)c1ccncc1-c1ccc2c(ccn2C)c1. The fourth-order valence-electron chi connectivity index (χ4n) is 2.60. The summed E-state index contributed by atoms with van der Waals surface area (Å²) in [5.41, 5.74) is 5.10. The molecule has 0 saturated heterocycles. The van der Waals surface area contributed by atoms with E-state index in [1.807, 2.05) is 12.4 Å². The zero-order chi connectivity index (χ0) is 13.4. The first-order chi connectivity index (χ1) is 9.16. The number of pyridine rings is 1. The topological polar surface area (TPSA) is 17.8 Å². The van der Waals surface area contributed by atoms with Gasteiger partial charge in [-0.1, -0.05) is 19.9 Å². The minimum absolute atomic E-state index is 0.504. The van der Waals surface area contributed by atoms with Gasteiger partial charge in [-0.2, -0.15) is 0 Å². The quantitative estimate of drug-likeness (QED) is 0.660. The lowest BCUT2D eigenvalue weighted by molar-refractivity contribution is 0.865. The monoisotopic (exact) mass is 250 g/mol. The van der Waals surface area contributed by atoms with Crippen LogP contribution in [0, 0.1) is 0 Å². The van der Waals surface area contributed by atoms with Crippen LogP contribution in [0.5, 0.6) is 0 Å². The first-order valence-corrected chi connectivity index (χ1v) is 6.66. The van der Waals surface area contributed by atoms with E-state index in [9.17, 15) is 0 Å². The van der Waals surface area contributed by atoms with Crippen LogP contribution >= 0.6 is 0 Å². The molecule has 3 rings (SSSR count). The standard InChI is InChI=1S/C17H18N2/c1-12(2)15-6-8-18-11-16(15)13-4-5-17-14(10-13)7-9-19(17)3/h4-12H,1-3H3. The second-order valence-electron chi connectivity index (χ2n) is 5.32. The van der Waals surface area contributed by atoms with E-state index in [-0.39, 0.29) is 0 Å². The Morgan fingerprint density at radius 2 is 1.95 bits per heavy atom. The largest absolute Gasteiger partial charge is 0.351 e. The lowest BCUT2D eigenvalue weighted by atomic mass is 9.94. The Bertz CT molecular complexity index is 723. The van der Waals surface area contributed by atoms with Crippen LogP contribution in [0.15, 0.2) is 48.9 Å². The summed E-state index contributed by atoms with van der Waals surface area (Å²) in [6.45, 7) is 4.44. The summed E-state index contributed by atoms with van der Waals surface area (Å²) in [5.74, 6) is 0.504. The van der Waals surface area contributed by atoms with Crippen molar-refractivity contribution in [3.8, 4) is 11.1 Å². The molecule has 0 unspecified atom stereocenters. The van der Waals surface area contributed by atoms with E-state index in [0.29, 0.717) is 5.92 Å². The Hall–Kier alpha value is -2.09. The average Bonchev–Trinajstić information content (AvgIpc) is 2.80. The third-order valence-corrected chi connectivity index (χ3v) is 3.67. The van der Waals surface area contributed by atoms with Crippen LogP contribution in [-0.2, 0) is 7.05 Å². The molecule has 0 aliphatic heterocycles. The smallest absolute Gasteiger partial charge is 0.0478 e. The molecule has 0 spiro atoms. The zero-order valence-corrected chi connectivity index (χ0v) is 11.6. The summed E-state index contributed by atoms with van der Waals surface area (Å²) in [4.78, 5) is 4.28. The number of hydrogen-bond acceptors (Lipinski definition) is 1. The Labute approximate surface area is 113 Å². The van der Waals surface area contributed by atoms with Gasteiger partial charge in [0.05, 0.1) is 0 Å². The molecule has 0 fully saturated rings. The lowest BCUT2D eigenvalue weighted by Crippen LogP contribution is -1.93. The van der Waals surface area contributed by atoms with E-state index < -0.39 is 0 Å². The molecule has 0 bridgehead atoms. The van der Waals surface area contributed by atoms with Crippen LogP contribution in [0.1, 0.15) is 25.3 Å². The van der Waals surface area contributed by atoms with Gasteiger partial charge in [0.2, 0.25) is 0 Å². The van der Waals surface area contributed by atoms with Crippen molar-refractivity contribution in [2.75, 3.05) is 0 Å². The Morgan fingerprint density at radius 3 is 2.74 bits per heavy atom. The summed E-state index contributed by atoms with van der Waals surface area (Å²) >= 11 is 0. The molecule has 2 heterocycles. The Morgan fingerprint density at radius 1 is 1.11 bits per heavy atom. The van der Waals surface area contributed by atoms with Crippen molar-refractivity contribution in [2.24, 2.45) is 7.05 Å². The maximum atomic E-state index is 4.28. The molecule has 0 aliphatic rings. The van der Waals surface area contributed by atoms with Gasteiger partial charge in [-0.3, -0.25) is 4.98 Å². The third-order valence-electron chi connectivity index (χ3n) is 3.67. The van der Waals surface area contributed by atoms with Gasteiger partial charge in [-0.25, -0.2) is 0 Å². The minimum Gasteiger partial charge on any atom is -0.351 e. The molecule has 96 valence electrons. The molecular weight excluding hydrogens is 232 g/mol. The fraction of sp³-hybridized carbons (Fsp3) is 0.235. The van der Waals surface area contributed by atoms with Crippen LogP contribution in [0.3, 0.4) is 0 Å². The van der Waals surface area contributed by atoms with Crippen LogP contribution in [0.25, 0.3) is 22.0 Å². The van der Waals surface area contributed by atoms with Crippen LogP contribution in [0.4, 0.5) is 0 Å². The molecule has 2 aromatic heterocycles. The van der Waals surface area contributed by atoms with E-state index in [0.717, 1.165) is 0 Å². The van der Waals surface area contributed by atoms with Gasteiger partial charge in [0.25, 0.3) is 0 Å². The Balaban J connectivity index is 2.19. The highest BCUT2D eigenvalue weighted by molar-refractivity contribution is 5.86. The van der Waals surface area contributed by atoms with Crippen molar-refractivity contribution in [1.82, 2.24) is 9.55 Å². The summed E-state index contributed by atoms with van der Waals surface area (Å²) < 4.78 is 2.14. The summed E-state index contributed by atoms with van der Waals surface area (Å²) in [5, 5.41) is 1.28. The van der Waals surface area contributed by atoms with Gasteiger partial charge < -0.3 is 4.57 Å². The van der Waals surface area contributed by atoms with Crippen molar-refractivity contribution in [3.05, 3.63) is 54.5 Å². The van der Waals surface area contributed by atoms with Crippen molar-refractivity contribution < 1.29 is 0 Å². The van der Waals surface area contributed by atoms with Gasteiger partial charge in [-0.15, -0.1) is 0 Å². The van der Waals surface area contributed by atoms with Gasteiger partial charge in [-0.05, 0) is 41.3 Å². The average molecular weight is 250 g/mol. The van der Waals surface area contributed by atoms with E-state index >= 15 is 0 Å². The maximum absolute atomic E-state index is 4.28. The number of rotatable bonds is 2. The van der Waals surface area contributed by atoms with Crippen molar-refractivity contribution in [2.45, 2.75) is 19.8 Å². The molecule has 0 amide bonds. The molecule has 2 heteroatoms. The van der Waals surface area contributed by atoms with Gasteiger partial charge in [0.15, 0.2) is 0 Å². The highest BCUT2D eigenvalue weighted by atomic mass is 14.9. The van der Waals surface area contributed by atoms with Crippen molar-refractivity contribution in [1.29, 1.82) is 0 Å². The van der Waals surface area contributed by atoms with E-state index in [1.54, 1.807) is 0 Å². The molecule has 2 nitrogen and oxygen atoms in total. The van der Waals surface area contributed by atoms with Crippen molar-refractivity contribution in [3.63, 3.8) is 0 Å². The lowest BCUT2D eigenvalue weighted by Gasteiger charge is -2.12. The summed E-state index contributed by atoms with van der Waals surface area (Å²) in [6, 6.07) is 10.9. The van der Waals surface area contributed by atoms with Gasteiger partial charge in [0, 0.05) is 42.1 Å². The first-order valence-electron chi connectivity index (χ1n) is 6.66. The molecule has 3 aromatic rings. The third kappa shape index (κ3) is 2.03. The van der Waals surface area contributed by atoms with Crippen LogP contribution in [-0.4, -0.2) is 9.55 Å². The predicted molar refractivity (Wildman–Crippen MR) is 80.2 cm³/mol. The molecule has 0 radical (unpaired) electrons. The summed E-state index contributed by atoms with van der Waals surface area (Å²) in [6.07, 6.45) is 5.94. The second kappa shape index (κ2) is 4.54. The molecule has 0 atom stereocenters. The van der Waals surface area contributed by atoms with Crippen LogP contribution < -0.4 is 0 Å². The highest BCUT2D eigenvalue weighted by Gasteiger charge is 2.09. The molecule has 19 heavy (non-hydrogen) atoms. The predicted octanol–water partition coefficient (Wildman–Crippen LogP) is 4.36. The van der Waals surface area contributed by atoms with Crippen molar-refractivity contribution >= 4 is 10.9 Å². The van der Waals surface area contributed by atoms with Crippen LogP contribution in [0.2, 0.25) is 0 Å². The first kappa shape index (κ1) is 12.0. The number of aromatic nitrogens is 2. The Kier molecular flexibility index (Phi) is 2.86. The van der Waals surface area contributed by atoms with Gasteiger partial charge in [0.1, 0.15) is 0 Å². The molecule has 0 saturated carbocycles. The van der Waals surface area contributed by atoms with E-state index in [2.05, 4.69) is 67.0 Å². The molecule has 0 aliphatic carbocycles. The highest BCUT2D eigenvalue weighted by Crippen LogP contribution is 2.30. The molecular formula is C17H18N2. The number of fused-ring (bicyclic) bond motifs is 1. The molecule has 1 aromatic carbocycles. The van der Waals surface area contributed by atoms with Gasteiger partial charge >= 0.3 is 0 Å². The molecule has 0 N–H and O–H groups in total. The second-order valence-corrected chi connectivity index (χ2v) is 5.32. The zero-order valence-electron chi connectivity index (χ0n) is 11.6. The maximum Gasteiger partial charge on any atom is 0.0478 e. The number of nitrogens with zero attached hydrogens (tertiary/aromatic N) is 2. The number of hydrogen-bond donors (Lipinski definition) is 0.